The minimum Gasteiger partial charge on any atom is -0.322 e. The highest BCUT2D eigenvalue weighted by molar-refractivity contribution is 6.04. The van der Waals surface area contributed by atoms with Crippen molar-refractivity contribution in [3.8, 4) is 11.1 Å². The van der Waals surface area contributed by atoms with Gasteiger partial charge in [0.1, 0.15) is 0 Å². The second-order valence-corrected chi connectivity index (χ2v) is 6.90. The lowest BCUT2D eigenvalue weighted by Crippen LogP contribution is -2.11. The first-order valence-electron chi connectivity index (χ1n) is 9.16. The highest BCUT2D eigenvalue weighted by Crippen LogP contribution is 2.49. The molecule has 0 spiro atoms. The van der Waals surface area contributed by atoms with E-state index in [1.165, 1.54) is 18.4 Å². The molecule has 4 rings (SSSR count). The maximum Gasteiger partial charge on any atom is 0.255 e. The van der Waals surface area contributed by atoms with Crippen LogP contribution < -0.4 is 5.32 Å². The van der Waals surface area contributed by atoms with Gasteiger partial charge in [0.25, 0.3) is 5.91 Å². The quantitative estimate of drug-likeness (QED) is 0.664. The largest absolute Gasteiger partial charge is 0.322 e. The van der Waals surface area contributed by atoms with Gasteiger partial charge in [0.15, 0.2) is 0 Å². The van der Waals surface area contributed by atoms with Crippen LogP contribution in [0, 0.1) is 5.92 Å². The van der Waals surface area contributed by atoms with Gasteiger partial charge in [-0.3, -0.25) is 9.78 Å². The molecule has 1 heterocycles. The lowest BCUT2D eigenvalue weighted by molar-refractivity contribution is 0.102. The van der Waals surface area contributed by atoms with Crippen LogP contribution in [-0.2, 0) is 0 Å². The molecule has 0 radical (unpaired) electrons. The van der Waals surface area contributed by atoms with Gasteiger partial charge in [-0.2, -0.15) is 0 Å². The monoisotopic (exact) mass is 342 g/mol. The van der Waals surface area contributed by atoms with Crippen LogP contribution in [-0.4, -0.2) is 10.9 Å². The van der Waals surface area contributed by atoms with E-state index in [0.29, 0.717) is 11.5 Å². The van der Waals surface area contributed by atoms with Crippen molar-refractivity contribution in [3.63, 3.8) is 0 Å². The molecule has 2 atom stereocenters. The number of rotatable bonds is 5. The molecule has 3 aromatic rings. The summed E-state index contributed by atoms with van der Waals surface area (Å²) in [5.41, 5.74) is 5.04. The Balaban J connectivity index is 1.41. The van der Waals surface area contributed by atoms with E-state index < -0.39 is 0 Å². The maximum atomic E-state index is 12.5. The summed E-state index contributed by atoms with van der Waals surface area (Å²) < 4.78 is 0. The molecule has 3 heteroatoms. The molecule has 0 bridgehead atoms. The van der Waals surface area contributed by atoms with Crippen molar-refractivity contribution in [2.75, 3.05) is 5.32 Å². The summed E-state index contributed by atoms with van der Waals surface area (Å²) in [5, 5.41) is 2.98. The van der Waals surface area contributed by atoms with E-state index in [2.05, 4.69) is 29.4 Å². The lowest BCUT2D eigenvalue weighted by Gasteiger charge is -2.08. The molecular weight excluding hydrogens is 320 g/mol. The first kappa shape index (κ1) is 16.5. The molecule has 3 nitrogen and oxygen atoms in total. The van der Waals surface area contributed by atoms with Crippen molar-refractivity contribution < 1.29 is 4.79 Å². The van der Waals surface area contributed by atoms with Gasteiger partial charge in [-0.25, -0.2) is 0 Å². The summed E-state index contributed by atoms with van der Waals surface area (Å²) in [7, 11) is 0. The van der Waals surface area contributed by atoms with E-state index in [1.807, 2.05) is 48.5 Å². The smallest absolute Gasteiger partial charge is 0.255 e. The van der Waals surface area contributed by atoms with Crippen molar-refractivity contribution in [1.82, 2.24) is 4.98 Å². The Morgan fingerprint density at radius 1 is 0.962 bits per heavy atom. The Labute approximate surface area is 154 Å². The maximum absolute atomic E-state index is 12.5. The van der Waals surface area contributed by atoms with Crippen LogP contribution in [0.4, 0.5) is 5.69 Å². The third kappa shape index (κ3) is 3.52. The van der Waals surface area contributed by atoms with Crippen molar-refractivity contribution in [3.05, 3.63) is 84.2 Å². The van der Waals surface area contributed by atoms with Gasteiger partial charge in [0.05, 0.1) is 0 Å². The van der Waals surface area contributed by atoms with Gasteiger partial charge >= 0.3 is 0 Å². The average molecular weight is 342 g/mol. The van der Waals surface area contributed by atoms with Crippen molar-refractivity contribution in [2.45, 2.75) is 25.7 Å². The molecule has 0 saturated heterocycles. The SMILES string of the molecule is CC[C@H]1C[C@H]1c1ccc(NC(=O)c2ccc(-c3ccncc3)cc2)cc1. The summed E-state index contributed by atoms with van der Waals surface area (Å²) in [5.74, 6) is 1.47. The molecular formula is C23H22N2O. The normalized spacial score (nSPS) is 18.3. The van der Waals surface area contributed by atoms with E-state index in [0.717, 1.165) is 22.7 Å². The van der Waals surface area contributed by atoms with Crippen LogP contribution >= 0.6 is 0 Å². The number of nitrogens with one attached hydrogen (secondary N) is 1. The van der Waals surface area contributed by atoms with Gasteiger partial charge in [-0.1, -0.05) is 37.6 Å². The second-order valence-electron chi connectivity index (χ2n) is 6.90. The van der Waals surface area contributed by atoms with Crippen molar-refractivity contribution >= 4 is 11.6 Å². The van der Waals surface area contributed by atoms with Gasteiger partial charge in [0.2, 0.25) is 0 Å². The van der Waals surface area contributed by atoms with Gasteiger partial charge in [-0.15, -0.1) is 0 Å². The summed E-state index contributed by atoms with van der Waals surface area (Å²) in [6, 6.07) is 19.8. The van der Waals surface area contributed by atoms with E-state index in [-0.39, 0.29) is 5.91 Å². The number of nitrogens with zero attached hydrogens (tertiary/aromatic N) is 1. The van der Waals surface area contributed by atoms with Crippen LogP contribution in [0.1, 0.15) is 41.6 Å². The molecule has 1 fully saturated rings. The molecule has 0 unspecified atom stereocenters. The van der Waals surface area contributed by atoms with Crippen LogP contribution in [0.25, 0.3) is 11.1 Å². The number of pyridine rings is 1. The number of hydrogen-bond acceptors (Lipinski definition) is 2. The summed E-state index contributed by atoms with van der Waals surface area (Å²) in [6.45, 7) is 2.25. The molecule has 1 N–H and O–H groups in total. The fourth-order valence-electron chi connectivity index (χ4n) is 3.48. The topological polar surface area (TPSA) is 42.0 Å². The fraction of sp³-hybridized carbons (Fsp3) is 0.217. The van der Waals surface area contributed by atoms with Gasteiger partial charge in [0, 0.05) is 23.6 Å². The second kappa shape index (κ2) is 7.12. The number of anilines is 1. The highest BCUT2D eigenvalue weighted by atomic mass is 16.1. The van der Waals surface area contributed by atoms with Crippen LogP contribution in [0.15, 0.2) is 73.1 Å². The van der Waals surface area contributed by atoms with E-state index in [4.69, 9.17) is 0 Å². The first-order chi connectivity index (χ1) is 12.7. The number of benzene rings is 2. The Hall–Kier alpha value is -2.94. The summed E-state index contributed by atoms with van der Waals surface area (Å²) in [4.78, 5) is 16.5. The number of amides is 1. The van der Waals surface area contributed by atoms with Crippen LogP contribution in [0.3, 0.4) is 0 Å². The van der Waals surface area contributed by atoms with Crippen molar-refractivity contribution in [2.24, 2.45) is 5.92 Å². The first-order valence-corrected chi connectivity index (χ1v) is 9.16. The molecule has 130 valence electrons. The molecule has 1 aliphatic carbocycles. The Morgan fingerprint density at radius 3 is 2.23 bits per heavy atom. The average Bonchev–Trinajstić information content (AvgIpc) is 3.49. The minimum absolute atomic E-state index is 0.0862. The molecule has 1 aliphatic rings. The van der Waals surface area contributed by atoms with Crippen LogP contribution in [0.2, 0.25) is 0 Å². The number of hydrogen-bond donors (Lipinski definition) is 1. The number of carbonyl (C=O) groups excluding carboxylic acids is 1. The molecule has 1 aromatic heterocycles. The molecule has 26 heavy (non-hydrogen) atoms. The summed E-state index contributed by atoms with van der Waals surface area (Å²) >= 11 is 0. The Morgan fingerprint density at radius 2 is 1.62 bits per heavy atom. The fourth-order valence-corrected chi connectivity index (χ4v) is 3.48. The minimum atomic E-state index is -0.0862. The molecule has 0 aliphatic heterocycles. The van der Waals surface area contributed by atoms with E-state index >= 15 is 0 Å². The van der Waals surface area contributed by atoms with E-state index in [1.54, 1.807) is 12.4 Å². The van der Waals surface area contributed by atoms with Gasteiger partial charge in [-0.05, 0) is 71.3 Å². The van der Waals surface area contributed by atoms with Crippen LogP contribution in [0.5, 0.6) is 0 Å². The van der Waals surface area contributed by atoms with Gasteiger partial charge < -0.3 is 5.32 Å². The summed E-state index contributed by atoms with van der Waals surface area (Å²) in [6.07, 6.45) is 6.08. The predicted molar refractivity (Wildman–Crippen MR) is 105 cm³/mol. The zero-order valence-electron chi connectivity index (χ0n) is 14.9. The molecule has 1 amide bonds. The lowest BCUT2D eigenvalue weighted by atomic mass is 10.0. The third-order valence-corrected chi connectivity index (χ3v) is 5.20. The number of carbonyl (C=O) groups is 1. The Bertz CT molecular complexity index is 886. The zero-order chi connectivity index (χ0) is 17.9. The van der Waals surface area contributed by atoms with Crippen molar-refractivity contribution in [1.29, 1.82) is 0 Å². The standard InChI is InChI=1S/C23H22N2O/c1-2-16-15-22(16)19-7-9-21(10-8-19)25-23(26)20-5-3-17(4-6-20)18-11-13-24-14-12-18/h3-14,16,22H,2,15H2,1H3,(H,25,26)/t16-,22+/m0/s1. The van der Waals surface area contributed by atoms with E-state index in [9.17, 15) is 4.79 Å². The molecule has 2 aromatic carbocycles. The number of aromatic nitrogens is 1. The highest BCUT2D eigenvalue weighted by Gasteiger charge is 2.36. The predicted octanol–water partition coefficient (Wildman–Crippen LogP) is 5.51. The third-order valence-electron chi connectivity index (χ3n) is 5.20. The molecule has 1 saturated carbocycles. The zero-order valence-corrected chi connectivity index (χ0v) is 14.9. The Kier molecular flexibility index (Phi) is 4.53.